The largest absolute Gasteiger partial charge is 0.495 e. The number of hydrogen-bond donors (Lipinski definition) is 1. The van der Waals surface area contributed by atoms with Crippen molar-refractivity contribution in [1.29, 1.82) is 0 Å². The number of carbonyl (C=O) groups excluding carboxylic acids is 2. The summed E-state index contributed by atoms with van der Waals surface area (Å²) in [6.45, 7) is 2.14. The Kier molecular flexibility index (Phi) is 6.77. The van der Waals surface area contributed by atoms with Gasteiger partial charge in [0, 0.05) is 44.5 Å². The average molecular weight is 362 g/mol. The highest BCUT2D eigenvalue weighted by Gasteiger charge is 2.15. The first-order valence-corrected chi connectivity index (χ1v) is 8.16. The third-order valence-corrected chi connectivity index (χ3v) is 3.92. The quantitative estimate of drug-likeness (QED) is 0.823. The molecule has 7 heteroatoms. The van der Waals surface area contributed by atoms with Crippen LogP contribution in [0.25, 0.3) is 0 Å². The normalized spacial score (nSPS) is 10.2. The van der Waals surface area contributed by atoms with Crippen molar-refractivity contribution in [1.82, 2.24) is 10.3 Å². The zero-order valence-corrected chi connectivity index (χ0v) is 14.9. The summed E-state index contributed by atoms with van der Waals surface area (Å²) in [6, 6.07) is 8.75. The molecule has 2 aromatic rings. The van der Waals surface area contributed by atoms with E-state index in [0.717, 1.165) is 5.56 Å². The van der Waals surface area contributed by atoms with Crippen LogP contribution in [0.1, 0.15) is 18.9 Å². The molecule has 0 aliphatic heterocycles. The Hall–Kier alpha value is -2.60. The van der Waals surface area contributed by atoms with Gasteiger partial charge in [-0.25, -0.2) is 0 Å². The van der Waals surface area contributed by atoms with E-state index in [-0.39, 0.29) is 24.8 Å². The minimum atomic E-state index is -0.164. The molecule has 2 amide bonds. The van der Waals surface area contributed by atoms with Gasteiger partial charge >= 0.3 is 0 Å². The summed E-state index contributed by atoms with van der Waals surface area (Å²) in [4.78, 5) is 29.4. The number of nitrogens with one attached hydrogen (secondary N) is 1. The second kappa shape index (κ2) is 9.03. The van der Waals surface area contributed by atoms with Crippen LogP contribution < -0.4 is 15.0 Å². The van der Waals surface area contributed by atoms with E-state index in [1.54, 1.807) is 30.6 Å². The summed E-state index contributed by atoms with van der Waals surface area (Å²) >= 11 is 6.11. The third kappa shape index (κ3) is 5.46. The molecule has 0 saturated carbocycles. The summed E-state index contributed by atoms with van der Waals surface area (Å²) in [5, 5.41) is 3.23. The molecule has 1 aromatic heterocycles. The van der Waals surface area contributed by atoms with Crippen molar-refractivity contribution in [3.63, 3.8) is 0 Å². The number of hydrogen-bond acceptors (Lipinski definition) is 4. The molecule has 25 heavy (non-hydrogen) atoms. The van der Waals surface area contributed by atoms with Crippen LogP contribution in [-0.2, 0) is 16.1 Å². The summed E-state index contributed by atoms with van der Waals surface area (Å²) in [7, 11) is 1.52. The zero-order valence-electron chi connectivity index (χ0n) is 14.2. The molecule has 0 saturated heterocycles. The fraction of sp³-hybridized carbons (Fsp3) is 0.278. The highest BCUT2D eigenvalue weighted by Crippen LogP contribution is 2.29. The Morgan fingerprint density at radius 3 is 2.56 bits per heavy atom. The van der Waals surface area contributed by atoms with E-state index in [1.807, 2.05) is 12.1 Å². The van der Waals surface area contributed by atoms with Crippen LogP contribution in [0, 0.1) is 0 Å². The first-order chi connectivity index (χ1) is 12.0. The topological polar surface area (TPSA) is 71.5 Å². The third-order valence-electron chi connectivity index (χ3n) is 3.63. The first kappa shape index (κ1) is 18.7. The van der Waals surface area contributed by atoms with E-state index in [4.69, 9.17) is 16.3 Å². The van der Waals surface area contributed by atoms with E-state index in [1.165, 1.54) is 18.9 Å². The SMILES string of the molecule is COc1ccc(N(CCC(=O)NCc2ccncc2)C(C)=O)cc1Cl. The Balaban J connectivity index is 1.94. The molecule has 0 atom stereocenters. The summed E-state index contributed by atoms with van der Waals surface area (Å²) < 4.78 is 5.11. The van der Waals surface area contributed by atoms with Gasteiger partial charge in [0.1, 0.15) is 5.75 Å². The molecule has 1 aromatic carbocycles. The molecule has 1 heterocycles. The maximum Gasteiger partial charge on any atom is 0.223 e. The molecule has 0 fully saturated rings. The number of rotatable bonds is 7. The van der Waals surface area contributed by atoms with Crippen molar-refractivity contribution in [2.24, 2.45) is 0 Å². The standard InChI is InChI=1S/C18H20ClN3O3/c1-13(23)22(15-3-4-17(25-2)16(19)11-15)10-7-18(24)21-12-14-5-8-20-9-6-14/h3-6,8-9,11H,7,10,12H2,1-2H3,(H,21,24). The monoisotopic (exact) mass is 361 g/mol. The number of aromatic nitrogens is 1. The van der Waals surface area contributed by atoms with E-state index >= 15 is 0 Å². The lowest BCUT2D eigenvalue weighted by atomic mass is 10.2. The fourth-order valence-corrected chi connectivity index (χ4v) is 2.55. The second-order valence-corrected chi connectivity index (χ2v) is 5.78. The lowest BCUT2D eigenvalue weighted by Crippen LogP contribution is -2.33. The number of ether oxygens (including phenoxy) is 1. The molecular weight excluding hydrogens is 342 g/mol. The molecule has 0 bridgehead atoms. The number of nitrogens with zero attached hydrogens (tertiary/aromatic N) is 2. The predicted molar refractivity (Wildman–Crippen MR) is 96.7 cm³/mol. The Morgan fingerprint density at radius 2 is 1.96 bits per heavy atom. The van der Waals surface area contributed by atoms with Crippen LogP contribution in [0.2, 0.25) is 5.02 Å². The molecule has 0 aliphatic rings. The minimum absolute atomic E-state index is 0.136. The van der Waals surface area contributed by atoms with Crippen LogP contribution in [0.3, 0.4) is 0 Å². The molecule has 0 radical (unpaired) electrons. The summed E-state index contributed by atoms with van der Waals surface area (Å²) in [5.74, 6) is 0.231. The molecule has 132 valence electrons. The minimum Gasteiger partial charge on any atom is -0.495 e. The fourth-order valence-electron chi connectivity index (χ4n) is 2.29. The van der Waals surface area contributed by atoms with Gasteiger partial charge in [-0.05, 0) is 35.9 Å². The highest BCUT2D eigenvalue weighted by atomic mass is 35.5. The van der Waals surface area contributed by atoms with E-state index < -0.39 is 0 Å². The van der Waals surface area contributed by atoms with Gasteiger partial charge in [-0.2, -0.15) is 0 Å². The maximum atomic E-state index is 12.0. The molecule has 6 nitrogen and oxygen atoms in total. The number of anilines is 1. The molecule has 2 rings (SSSR count). The van der Waals surface area contributed by atoms with Gasteiger partial charge in [-0.1, -0.05) is 11.6 Å². The van der Waals surface area contributed by atoms with Crippen LogP contribution in [0.15, 0.2) is 42.7 Å². The van der Waals surface area contributed by atoms with E-state index in [2.05, 4.69) is 10.3 Å². The number of amides is 2. The number of benzene rings is 1. The van der Waals surface area contributed by atoms with Crippen LogP contribution in [0.5, 0.6) is 5.75 Å². The van der Waals surface area contributed by atoms with Crippen molar-refractivity contribution in [2.45, 2.75) is 19.9 Å². The lowest BCUT2D eigenvalue weighted by Gasteiger charge is -2.21. The van der Waals surface area contributed by atoms with Crippen molar-refractivity contribution < 1.29 is 14.3 Å². The van der Waals surface area contributed by atoms with Gasteiger partial charge in [0.15, 0.2) is 0 Å². The lowest BCUT2D eigenvalue weighted by molar-refractivity contribution is -0.121. The Morgan fingerprint density at radius 1 is 1.24 bits per heavy atom. The molecule has 0 spiro atoms. The Bertz CT molecular complexity index is 738. The van der Waals surface area contributed by atoms with Crippen molar-refractivity contribution >= 4 is 29.1 Å². The van der Waals surface area contributed by atoms with Gasteiger partial charge in [-0.3, -0.25) is 14.6 Å². The smallest absolute Gasteiger partial charge is 0.223 e. The van der Waals surface area contributed by atoms with Gasteiger partial charge < -0.3 is 15.0 Å². The average Bonchev–Trinajstić information content (AvgIpc) is 2.61. The number of carbonyl (C=O) groups is 2. The van der Waals surface area contributed by atoms with Crippen LogP contribution >= 0.6 is 11.6 Å². The van der Waals surface area contributed by atoms with Crippen molar-refractivity contribution in [3.05, 3.63) is 53.3 Å². The first-order valence-electron chi connectivity index (χ1n) is 7.78. The van der Waals surface area contributed by atoms with Crippen LogP contribution in [-0.4, -0.2) is 30.5 Å². The molecule has 0 aliphatic carbocycles. The van der Waals surface area contributed by atoms with E-state index in [0.29, 0.717) is 23.0 Å². The van der Waals surface area contributed by atoms with Gasteiger partial charge in [0.2, 0.25) is 11.8 Å². The maximum absolute atomic E-state index is 12.0. The zero-order chi connectivity index (χ0) is 18.2. The predicted octanol–water partition coefficient (Wildman–Crippen LogP) is 2.80. The Labute approximate surface area is 151 Å². The van der Waals surface area contributed by atoms with Crippen molar-refractivity contribution in [2.75, 3.05) is 18.6 Å². The number of methoxy groups -OCH3 is 1. The van der Waals surface area contributed by atoms with Crippen molar-refractivity contribution in [3.8, 4) is 5.75 Å². The summed E-state index contributed by atoms with van der Waals surface area (Å²) in [5.41, 5.74) is 1.59. The summed E-state index contributed by atoms with van der Waals surface area (Å²) in [6.07, 6.45) is 3.53. The van der Waals surface area contributed by atoms with Gasteiger partial charge in [0.05, 0.1) is 12.1 Å². The van der Waals surface area contributed by atoms with Crippen LogP contribution in [0.4, 0.5) is 5.69 Å². The number of halogens is 1. The molecular formula is C18H20ClN3O3. The van der Waals surface area contributed by atoms with Gasteiger partial charge in [-0.15, -0.1) is 0 Å². The highest BCUT2D eigenvalue weighted by molar-refractivity contribution is 6.32. The number of pyridine rings is 1. The second-order valence-electron chi connectivity index (χ2n) is 5.37. The molecule has 0 unspecified atom stereocenters. The van der Waals surface area contributed by atoms with Gasteiger partial charge in [0.25, 0.3) is 0 Å². The van der Waals surface area contributed by atoms with E-state index in [9.17, 15) is 9.59 Å². The molecule has 1 N–H and O–H groups in total.